The number of sulfonamides is 1. The Hall–Kier alpha value is -2.79. The molecule has 0 spiro atoms. The van der Waals surface area contributed by atoms with Crippen molar-refractivity contribution in [1.82, 2.24) is 14.7 Å². The zero-order chi connectivity index (χ0) is 24.9. The summed E-state index contributed by atoms with van der Waals surface area (Å²) in [6.07, 6.45) is 2.98. The topological polar surface area (TPSA) is 119 Å². The second-order valence-corrected chi connectivity index (χ2v) is 11.6. The molecule has 2 heterocycles. The molecule has 1 aliphatic carbocycles. The van der Waals surface area contributed by atoms with Crippen LogP contribution >= 0.6 is 23.4 Å². The molecular weight excluding hydrogens is 508 g/mol. The summed E-state index contributed by atoms with van der Waals surface area (Å²) in [6.45, 7) is 1.93. The normalized spacial score (nSPS) is 17.8. The van der Waals surface area contributed by atoms with Crippen LogP contribution in [0, 0.1) is 6.92 Å². The summed E-state index contributed by atoms with van der Waals surface area (Å²) in [7, 11) is -3.79. The minimum absolute atomic E-state index is 0.0513. The maximum atomic E-state index is 11.9. The van der Waals surface area contributed by atoms with Crippen LogP contribution in [0.1, 0.15) is 46.6 Å². The molecule has 3 N–H and O–H groups in total. The number of nitrogens with zero attached hydrogens (tertiary/aromatic N) is 3. The Bertz CT molecular complexity index is 1450. The van der Waals surface area contributed by atoms with E-state index in [4.69, 9.17) is 21.8 Å². The third-order valence-electron chi connectivity index (χ3n) is 6.18. The number of aromatic nitrogens is 2. The van der Waals surface area contributed by atoms with Crippen LogP contribution < -0.4 is 5.14 Å². The van der Waals surface area contributed by atoms with Gasteiger partial charge in [-0.2, -0.15) is 5.10 Å². The first kappa shape index (κ1) is 23.9. The van der Waals surface area contributed by atoms with Crippen molar-refractivity contribution in [2.24, 2.45) is 5.14 Å². The molecule has 2 aromatic carbocycles. The number of nitrogens with two attached hydrogens (primary N) is 1. The molecule has 1 atom stereocenters. The van der Waals surface area contributed by atoms with Crippen LogP contribution in [0.4, 0.5) is 4.79 Å². The van der Waals surface area contributed by atoms with Gasteiger partial charge in [0.15, 0.2) is 5.50 Å². The number of rotatable bonds is 6. The first-order chi connectivity index (χ1) is 16.6. The average molecular weight is 531 g/mol. The predicted octanol–water partition coefficient (Wildman–Crippen LogP) is 5.28. The predicted molar refractivity (Wildman–Crippen MR) is 136 cm³/mol. The maximum Gasteiger partial charge on any atom is 0.413 e. The third kappa shape index (κ3) is 4.71. The number of hydrogen-bond donors (Lipinski definition) is 2. The van der Waals surface area contributed by atoms with E-state index in [-0.39, 0.29) is 10.8 Å². The number of thioether (sulfide) groups is 1. The summed E-state index contributed by atoms with van der Waals surface area (Å²) >= 11 is 7.83. The van der Waals surface area contributed by atoms with Gasteiger partial charge in [-0.3, -0.25) is 4.90 Å². The molecule has 0 saturated heterocycles. The molecule has 1 fully saturated rings. The lowest BCUT2D eigenvalue weighted by molar-refractivity contribution is 0.149. The standard InChI is InChI=1S/C24H23ClN4O4S2/c1-14-2-5-17(13-20(14)25)21-19(12-15-3-8-18(9-4-15)35(26,32)33)22(16-6-7-16)29(27-21)23-28(24(30)31)10-11-34-23/h2-5,8-11,13,16,23H,6-7,12H2,1H3,(H,30,31)(H2,26,32,33). The van der Waals surface area contributed by atoms with Crippen LogP contribution in [0.3, 0.4) is 0 Å². The molecule has 1 unspecified atom stereocenters. The summed E-state index contributed by atoms with van der Waals surface area (Å²) in [5, 5.41) is 22.3. The summed E-state index contributed by atoms with van der Waals surface area (Å²) in [4.78, 5) is 13.2. The first-order valence-corrected chi connectivity index (χ1v) is 13.8. The van der Waals surface area contributed by atoms with Gasteiger partial charge in [-0.05, 0) is 54.5 Å². The second-order valence-electron chi connectivity index (χ2n) is 8.70. The van der Waals surface area contributed by atoms with Crippen LogP contribution in [-0.2, 0) is 16.4 Å². The number of amides is 1. The molecule has 11 heteroatoms. The molecule has 182 valence electrons. The SMILES string of the molecule is Cc1ccc(-c2nn(C3SC=CN3C(=O)O)c(C3CC3)c2Cc2ccc(S(N)(=O)=O)cc2)cc1Cl. The van der Waals surface area contributed by atoms with Crippen molar-refractivity contribution in [1.29, 1.82) is 0 Å². The molecule has 0 radical (unpaired) electrons. The molecular formula is C24H23ClN4O4S2. The first-order valence-electron chi connectivity index (χ1n) is 11.0. The Morgan fingerprint density at radius 2 is 1.94 bits per heavy atom. The average Bonchev–Trinajstić information content (AvgIpc) is 3.39. The number of aryl methyl sites for hydroxylation is 1. The minimum Gasteiger partial charge on any atom is -0.465 e. The van der Waals surface area contributed by atoms with E-state index < -0.39 is 21.6 Å². The van der Waals surface area contributed by atoms with Gasteiger partial charge < -0.3 is 5.11 Å². The van der Waals surface area contributed by atoms with Crippen molar-refractivity contribution in [3.8, 4) is 11.3 Å². The Morgan fingerprint density at radius 3 is 2.54 bits per heavy atom. The monoisotopic (exact) mass is 530 g/mol. The van der Waals surface area contributed by atoms with Gasteiger partial charge in [0.05, 0.1) is 10.6 Å². The maximum absolute atomic E-state index is 11.9. The van der Waals surface area contributed by atoms with E-state index >= 15 is 0 Å². The van der Waals surface area contributed by atoms with E-state index in [2.05, 4.69) is 0 Å². The van der Waals surface area contributed by atoms with Crippen molar-refractivity contribution in [2.45, 2.75) is 42.5 Å². The Kier molecular flexibility index (Phi) is 6.16. The number of halogens is 1. The van der Waals surface area contributed by atoms with E-state index in [9.17, 15) is 18.3 Å². The highest BCUT2D eigenvalue weighted by molar-refractivity contribution is 8.02. The fourth-order valence-electron chi connectivity index (χ4n) is 4.23. The van der Waals surface area contributed by atoms with E-state index in [1.54, 1.807) is 23.7 Å². The Labute approximate surface area is 212 Å². The molecule has 2 aliphatic rings. The number of primary sulfonamides is 1. The van der Waals surface area contributed by atoms with Gasteiger partial charge in [0, 0.05) is 40.4 Å². The Balaban J connectivity index is 1.65. The zero-order valence-corrected chi connectivity index (χ0v) is 21.1. The molecule has 8 nitrogen and oxygen atoms in total. The summed E-state index contributed by atoms with van der Waals surface area (Å²) < 4.78 is 25.2. The fraction of sp³-hybridized carbons (Fsp3) is 0.250. The minimum atomic E-state index is -3.79. The highest BCUT2D eigenvalue weighted by Gasteiger charge is 2.38. The van der Waals surface area contributed by atoms with Gasteiger partial charge in [0.25, 0.3) is 0 Å². The van der Waals surface area contributed by atoms with Crippen molar-refractivity contribution < 1.29 is 18.3 Å². The van der Waals surface area contributed by atoms with Gasteiger partial charge in [-0.15, -0.1) is 0 Å². The van der Waals surface area contributed by atoms with E-state index in [0.717, 1.165) is 46.5 Å². The third-order valence-corrected chi connectivity index (χ3v) is 8.47. The highest BCUT2D eigenvalue weighted by atomic mass is 35.5. The van der Waals surface area contributed by atoms with Crippen LogP contribution in [0.15, 0.2) is 59.0 Å². The summed E-state index contributed by atoms with van der Waals surface area (Å²) in [5.74, 6) is 0.271. The van der Waals surface area contributed by atoms with Crippen LogP contribution in [0.2, 0.25) is 5.02 Å². The second kappa shape index (κ2) is 9.02. The van der Waals surface area contributed by atoms with Gasteiger partial charge in [0.2, 0.25) is 10.0 Å². The van der Waals surface area contributed by atoms with Crippen molar-refractivity contribution in [3.05, 3.63) is 81.5 Å². The summed E-state index contributed by atoms with van der Waals surface area (Å²) in [6, 6.07) is 12.3. The quantitative estimate of drug-likeness (QED) is 0.447. The van der Waals surface area contributed by atoms with Crippen LogP contribution in [-0.4, -0.2) is 34.3 Å². The Morgan fingerprint density at radius 1 is 1.23 bits per heavy atom. The van der Waals surface area contributed by atoms with E-state index in [1.165, 1.54) is 28.8 Å². The van der Waals surface area contributed by atoms with Crippen molar-refractivity contribution in [3.63, 3.8) is 0 Å². The lowest BCUT2D eigenvalue weighted by Gasteiger charge is -2.22. The lowest BCUT2D eigenvalue weighted by atomic mass is 9.97. The van der Waals surface area contributed by atoms with E-state index in [1.807, 2.05) is 29.8 Å². The van der Waals surface area contributed by atoms with Crippen molar-refractivity contribution >= 4 is 39.5 Å². The molecule has 1 saturated carbocycles. The largest absolute Gasteiger partial charge is 0.465 e. The molecule has 1 aromatic heterocycles. The van der Waals surface area contributed by atoms with Crippen LogP contribution in [0.25, 0.3) is 11.3 Å². The number of carbonyl (C=O) groups is 1. The molecule has 1 amide bonds. The van der Waals surface area contributed by atoms with Gasteiger partial charge in [-0.1, -0.05) is 47.6 Å². The fourth-order valence-corrected chi connectivity index (χ4v) is 5.84. The molecule has 1 aliphatic heterocycles. The van der Waals surface area contributed by atoms with Gasteiger partial charge in [-0.25, -0.2) is 23.0 Å². The number of carboxylic acid groups (broad SMARTS) is 1. The molecule has 0 bridgehead atoms. The lowest BCUT2D eigenvalue weighted by Crippen LogP contribution is -2.29. The van der Waals surface area contributed by atoms with Gasteiger partial charge in [0.1, 0.15) is 0 Å². The number of benzene rings is 2. The molecule has 3 aromatic rings. The molecule has 35 heavy (non-hydrogen) atoms. The smallest absolute Gasteiger partial charge is 0.413 e. The number of hydrogen-bond acceptors (Lipinski definition) is 5. The summed E-state index contributed by atoms with van der Waals surface area (Å²) in [5.41, 5.74) is 4.86. The van der Waals surface area contributed by atoms with Crippen molar-refractivity contribution in [2.75, 3.05) is 0 Å². The molecule has 5 rings (SSSR count). The zero-order valence-electron chi connectivity index (χ0n) is 18.8. The highest BCUT2D eigenvalue weighted by Crippen LogP contribution is 2.48. The van der Waals surface area contributed by atoms with E-state index in [0.29, 0.717) is 11.4 Å². The van der Waals surface area contributed by atoms with Crippen LogP contribution in [0.5, 0.6) is 0 Å². The van der Waals surface area contributed by atoms with Gasteiger partial charge >= 0.3 is 6.09 Å².